The molecule has 2 N–H and O–H groups in total. The molecule has 1 aromatic rings. The normalized spacial score (nSPS) is 20.5. The second-order valence-electron chi connectivity index (χ2n) is 3.94. The molecule has 1 aromatic carbocycles. The third kappa shape index (κ3) is 2.75. The molecule has 1 nitrogen and oxygen atoms in total. The first-order valence-electron chi connectivity index (χ1n) is 5.04. The number of hydrogen-bond donors (Lipinski definition) is 1. The summed E-state index contributed by atoms with van der Waals surface area (Å²) in [7, 11) is 0. The molecular weight excluding hydrogens is 229 g/mol. The fraction of sp³-hybridized carbons (Fsp3) is 0.333. The molecule has 1 aliphatic carbocycles. The number of hydrogen-bond acceptors (Lipinski definition) is 1. The SMILES string of the molecule is NC1C=C(Cc2ccc(Cl)cc2Cl)CC1. The van der Waals surface area contributed by atoms with Crippen LogP contribution in [0.3, 0.4) is 0 Å². The Morgan fingerprint density at radius 3 is 2.73 bits per heavy atom. The molecule has 2 rings (SSSR count). The maximum Gasteiger partial charge on any atom is 0.0456 e. The molecule has 0 saturated heterocycles. The van der Waals surface area contributed by atoms with Crippen molar-refractivity contribution in [3.63, 3.8) is 0 Å². The van der Waals surface area contributed by atoms with Crippen LogP contribution in [-0.2, 0) is 6.42 Å². The number of rotatable bonds is 2. The summed E-state index contributed by atoms with van der Waals surface area (Å²) in [4.78, 5) is 0. The van der Waals surface area contributed by atoms with Crippen LogP contribution >= 0.6 is 23.2 Å². The van der Waals surface area contributed by atoms with Gasteiger partial charge in [0.2, 0.25) is 0 Å². The van der Waals surface area contributed by atoms with Gasteiger partial charge in [0.15, 0.2) is 0 Å². The minimum absolute atomic E-state index is 0.228. The van der Waals surface area contributed by atoms with Gasteiger partial charge in [-0.3, -0.25) is 0 Å². The topological polar surface area (TPSA) is 26.0 Å². The van der Waals surface area contributed by atoms with Gasteiger partial charge in [-0.15, -0.1) is 0 Å². The molecule has 1 atom stereocenters. The third-order valence-corrected chi connectivity index (χ3v) is 3.27. The second kappa shape index (κ2) is 4.56. The summed E-state index contributed by atoms with van der Waals surface area (Å²) >= 11 is 11.9. The molecule has 80 valence electrons. The Labute approximate surface area is 99.9 Å². The van der Waals surface area contributed by atoms with Crippen LogP contribution < -0.4 is 5.73 Å². The van der Waals surface area contributed by atoms with E-state index in [4.69, 9.17) is 28.9 Å². The van der Waals surface area contributed by atoms with Crippen LogP contribution in [-0.4, -0.2) is 6.04 Å². The van der Waals surface area contributed by atoms with E-state index >= 15 is 0 Å². The quantitative estimate of drug-likeness (QED) is 0.788. The van der Waals surface area contributed by atoms with Gasteiger partial charge in [-0.1, -0.05) is 40.9 Å². The molecule has 0 saturated carbocycles. The van der Waals surface area contributed by atoms with E-state index in [-0.39, 0.29) is 6.04 Å². The lowest BCUT2D eigenvalue weighted by atomic mass is 10.1. The molecule has 1 aliphatic rings. The summed E-state index contributed by atoms with van der Waals surface area (Å²) in [5.41, 5.74) is 8.32. The van der Waals surface area contributed by atoms with Gasteiger partial charge in [0, 0.05) is 16.1 Å². The van der Waals surface area contributed by atoms with Crippen LogP contribution in [0.2, 0.25) is 10.0 Å². The van der Waals surface area contributed by atoms with Crippen molar-refractivity contribution in [2.45, 2.75) is 25.3 Å². The minimum Gasteiger partial charge on any atom is -0.324 e. The van der Waals surface area contributed by atoms with Crippen molar-refractivity contribution in [2.75, 3.05) is 0 Å². The maximum atomic E-state index is 6.10. The molecule has 1 unspecified atom stereocenters. The zero-order valence-corrected chi connectivity index (χ0v) is 9.85. The van der Waals surface area contributed by atoms with Crippen LogP contribution in [0.4, 0.5) is 0 Å². The van der Waals surface area contributed by atoms with Gasteiger partial charge in [0.25, 0.3) is 0 Å². The zero-order chi connectivity index (χ0) is 10.8. The largest absolute Gasteiger partial charge is 0.324 e. The van der Waals surface area contributed by atoms with Crippen LogP contribution in [0.1, 0.15) is 18.4 Å². The van der Waals surface area contributed by atoms with E-state index in [1.807, 2.05) is 12.1 Å². The highest BCUT2D eigenvalue weighted by Gasteiger charge is 2.13. The lowest BCUT2D eigenvalue weighted by molar-refractivity contribution is 0.770. The van der Waals surface area contributed by atoms with Crippen molar-refractivity contribution in [2.24, 2.45) is 5.73 Å². The second-order valence-corrected chi connectivity index (χ2v) is 4.78. The molecule has 0 aliphatic heterocycles. The van der Waals surface area contributed by atoms with Gasteiger partial charge in [-0.25, -0.2) is 0 Å². The Bertz CT molecular complexity index is 399. The van der Waals surface area contributed by atoms with Crippen molar-refractivity contribution < 1.29 is 0 Å². The first-order valence-corrected chi connectivity index (χ1v) is 5.80. The fourth-order valence-electron chi connectivity index (χ4n) is 1.88. The van der Waals surface area contributed by atoms with Gasteiger partial charge < -0.3 is 5.73 Å². The molecule has 15 heavy (non-hydrogen) atoms. The smallest absolute Gasteiger partial charge is 0.0456 e. The van der Waals surface area contributed by atoms with Crippen molar-refractivity contribution in [3.05, 3.63) is 45.5 Å². The molecule has 3 heteroatoms. The van der Waals surface area contributed by atoms with E-state index < -0.39 is 0 Å². The van der Waals surface area contributed by atoms with Crippen molar-refractivity contribution in [3.8, 4) is 0 Å². The Kier molecular flexibility index (Phi) is 3.35. The van der Waals surface area contributed by atoms with Crippen molar-refractivity contribution >= 4 is 23.2 Å². The Morgan fingerprint density at radius 2 is 2.13 bits per heavy atom. The van der Waals surface area contributed by atoms with E-state index in [9.17, 15) is 0 Å². The molecule has 0 radical (unpaired) electrons. The summed E-state index contributed by atoms with van der Waals surface area (Å²) in [6.07, 6.45) is 5.18. The van der Waals surface area contributed by atoms with Gasteiger partial charge in [0.05, 0.1) is 0 Å². The van der Waals surface area contributed by atoms with Crippen LogP contribution in [0.5, 0.6) is 0 Å². The van der Waals surface area contributed by atoms with E-state index in [1.54, 1.807) is 6.07 Å². The predicted molar refractivity (Wildman–Crippen MR) is 65.5 cm³/mol. The standard InChI is InChI=1S/C12H13Cl2N/c13-10-3-2-9(12(14)7-10)5-8-1-4-11(15)6-8/h2-3,6-7,11H,1,4-5,15H2. The van der Waals surface area contributed by atoms with E-state index in [1.165, 1.54) is 5.57 Å². The Morgan fingerprint density at radius 1 is 1.33 bits per heavy atom. The monoisotopic (exact) mass is 241 g/mol. The van der Waals surface area contributed by atoms with E-state index in [2.05, 4.69) is 6.08 Å². The Balaban J connectivity index is 2.14. The lowest BCUT2D eigenvalue weighted by Crippen LogP contribution is -2.11. The highest BCUT2D eigenvalue weighted by Crippen LogP contribution is 2.27. The average molecular weight is 242 g/mol. The average Bonchev–Trinajstić information content (AvgIpc) is 2.56. The molecule has 0 heterocycles. The molecular formula is C12H13Cl2N. The zero-order valence-electron chi connectivity index (χ0n) is 8.34. The number of halogens is 2. The van der Waals surface area contributed by atoms with Crippen LogP contribution in [0.25, 0.3) is 0 Å². The van der Waals surface area contributed by atoms with Crippen LogP contribution in [0.15, 0.2) is 29.8 Å². The minimum atomic E-state index is 0.228. The number of nitrogens with two attached hydrogens (primary N) is 1. The molecule has 0 aromatic heterocycles. The summed E-state index contributed by atoms with van der Waals surface area (Å²) in [5, 5.41) is 1.42. The summed E-state index contributed by atoms with van der Waals surface area (Å²) in [6.45, 7) is 0. The van der Waals surface area contributed by atoms with Crippen molar-refractivity contribution in [1.82, 2.24) is 0 Å². The first-order chi connectivity index (χ1) is 7.15. The van der Waals surface area contributed by atoms with Gasteiger partial charge >= 0.3 is 0 Å². The number of allylic oxidation sites excluding steroid dienone is 1. The van der Waals surface area contributed by atoms with Gasteiger partial charge in [-0.2, -0.15) is 0 Å². The maximum absolute atomic E-state index is 6.10. The predicted octanol–water partition coefficient (Wildman–Crippen LogP) is 3.58. The van der Waals surface area contributed by atoms with E-state index in [0.29, 0.717) is 5.02 Å². The van der Waals surface area contributed by atoms with Crippen LogP contribution in [0, 0.1) is 0 Å². The summed E-state index contributed by atoms with van der Waals surface area (Å²) in [6, 6.07) is 5.87. The highest BCUT2D eigenvalue weighted by atomic mass is 35.5. The lowest BCUT2D eigenvalue weighted by Gasteiger charge is -2.05. The highest BCUT2D eigenvalue weighted by molar-refractivity contribution is 6.35. The summed E-state index contributed by atoms with van der Waals surface area (Å²) in [5.74, 6) is 0. The Hall–Kier alpha value is -0.500. The van der Waals surface area contributed by atoms with Crippen molar-refractivity contribution in [1.29, 1.82) is 0 Å². The number of benzene rings is 1. The van der Waals surface area contributed by atoms with Gasteiger partial charge in [-0.05, 0) is 37.0 Å². The van der Waals surface area contributed by atoms with E-state index in [0.717, 1.165) is 29.8 Å². The molecule has 0 bridgehead atoms. The molecule has 0 spiro atoms. The van der Waals surface area contributed by atoms with Gasteiger partial charge in [0.1, 0.15) is 0 Å². The molecule has 0 fully saturated rings. The molecule has 0 amide bonds. The fourth-order valence-corrected chi connectivity index (χ4v) is 2.35. The third-order valence-electron chi connectivity index (χ3n) is 2.68. The first kappa shape index (κ1) is 11.0. The summed E-state index contributed by atoms with van der Waals surface area (Å²) < 4.78 is 0.